The largest absolute Gasteiger partial charge is 0.375 e. The predicted molar refractivity (Wildman–Crippen MR) is 85.6 cm³/mol. The third-order valence-electron chi connectivity index (χ3n) is 2.78. The number of nitrogens with one attached hydrogen (secondary N) is 1. The van der Waals surface area contributed by atoms with Crippen LogP contribution in [0.25, 0.3) is 0 Å². The second kappa shape index (κ2) is 7.22. The SMILES string of the molecule is COC(CNC(=O)c1cc(Br)cs1)c1ccccc1Cl. The summed E-state index contributed by atoms with van der Waals surface area (Å²) in [5.41, 5.74) is 0.865. The molecule has 1 unspecified atom stereocenters. The Labute approximate surface area is 135 Å². The number of carbonyl (C=O) groups is 1. The molecule has 0 bridgehead atoms. The van der Waals surface area contributed by atoms with Crippen molar-refractivity contribution < 1.29 is 9.53 Å². The molecule has 1 amide bonds. The van der Waals surface area contributed by atoms with Crippen molar-refractivity contribution in [3.63, 3.8) is 0 Å². The van der Waals surface area contributed by atoms with Crippen molar-refractivity contribution in [2.45, 2.75) is 6.10 Å². The first-order valence-corrected chi connectivity index (χ1v) is 7.96. The molecule has 1 heterocycles. The van der Waals surface area contributed by atoms with Crippen molar-refractivity contribution in [3.8, 4) is 0 Å². The average Bonchev–Trinajstić information content (AvgIpc) is 2.88. The van der Waals surface area contributed by atoms with Gasteiger partial charge >= 0.3 is 0 Å². The van der Waals surface area contributed by atoms with Crippen LogP contribution >= 0.6 is 38.9 Å². The van der Waals surface area contributed by atoms with Gasteiger partial charge in [-0.2, -0.15) is 0 Å². The third-order valence-corrected chi connectivity index (χ3v) is 4.81. The maximum atomic E-state index is 12.0. The van der Waals surface area contributed by atoms with E-state index in [1.54, 1.807) is 19.2 Å². The van der Waals surface area contributed by atoms with Gasteiger partial charge in [0, 0.05) is 34.1 Å². The Bertz CT molecular complexity index is 602. The number of rotatable bonds is 5. The summed E-state index contributed by atoms with van der Waals surface area (Å²) in [5.74, 6) is -0.116. The van der Waals surface area contributed by atoms with Crippen molar-refractivity contribution in [2.75, 3.05) is 13.7 Å². The molecule has 0 radical (unpaired) electrons. The molecular formula is C14H13BrClNO2S. The van der Waals surface area contributed by atoms with Gasteiger partial charge in [0.25, 0.3) is 5.91 Å². The zero-order chi connectivity index (χ0) is 14.5. The van der Waals surface area contributed by atoms with Crippen molar-refractivity contribution in [2.24, 2.45) is 0 Å². The zero-order valence-electron chi connectivity index (χ0n) is 10.7. The highest BCUT2D eigenvalue weighted by molar-refractivity contribution is 9.10. The highest BCUT2D eigenvalue weighted by Crippen LogP contribution is 2.25. The third kappa shape index (κ3) is 3.82. The number of hydrogen-bond acceptors (Lipinski definition) is 3. The topological polar surface area (TPSA) is 38.3 Å². The number of carbonyl (C=O) groups excluding carboxylic acids is 1. The van der Waals surface area contributed by atoms with Gasteiger partial charge in [-0.3, -0.25) is 4.79 Å². The lowest BCUT2D eigenvalue weighted by molar-refractivity contribution is 0.0831. The Hall–Kier alpha value is -0.880. The van der Waals surface area contributed by atoms with Crippen molar-refractivity contribution in [1.29, 1.82) is 0 Å². The van der Waals surface area contributed by atoms with Crippen molar-refractivity contribution >= 4 is 44.8 Å². The molecular weight excluding hydrogens is 362 g/mol. The minimum atomic E-state index is -0.268. The average molecular weight is 375 g/mol. The van der Waals surface area contributed by atoms with Crippen LogP contribution in [-0.2, 0) is 4.74 Å². The number of thiophene rings is 1. The van der Waals surface area contributed by atoms with E-state index >= 15 is 0 Å². The molecule has 0 saturated carbocycles. The predicted octanol–water partition coefficient (Wildman–Crippen LogP) is 4.28. The van der Waals surface area contributed by atoms with Gasteiger partial charge in [-0.05, 0) is 28.1 Å². The van der Waals surface area contributed by atoms with Gasteiger partial charge in [-0.1, -0.05) is 29.8 Å². The molecule has 6 heteroatoms. The molecule has 0 saturated heterocycles. The van der Waals surface area contributed by atoms with Crippen LogP contribution in [0.1, 0.15) is 21.3 Å². The Morgan fingerprint density at radius 2 is 2.25 bits per heavy atom. The van der Waals surface area contributed by atoms with Gasteiger partial charge < -0.3 is 10.1 Å². The van der Waals surface area contributed by atoms with E-state index in [0.717, 1.165) is 10.0 Å². The molecule has 1 aromatic heterocycles. The summed E-state index contributed by atoms with van der Waals surface area (Å²) in [4.78, 5) is 12.6. The van der Waals surface area contributed by atoms with Crippen LogP contribution in [0.5, 0.6) is 0 Å². The lowest BCUT2D eigenvalue weighted by atomic mass is 10.1. The molecule has 0 fully saturated rings. The highest BCUT2D eigenvalue weighted by atomic mass is 79.9. The zero-order valence-corrected chi connectivity index (χ0v) is 13.9. The van der Waals surface area contributed by atoms with E-state index in [0.29, 0.717) is 16.4 Å². The van der Waals surface area contributed by atoms with Gasteiger partial charge in [0.05, 0.1) is 4.88 Å². The Balaban J connectivity index is 2.01. The number of ether oxygens (including phenoxy) is 1. The first kappa shape index (κ1) is 15.5. The van der Waals surface area contributed by atoms with E-state index in [1.807, 2.05) is 23.6 Å². The van der Waals surface area contributed by atoms with Crippen LogP contribution in [-0.4, -0.2) is 19.6 Å². The maximum Gasteiger partial charge on any atom is 0.261 e. The summed E-state index contributed by atoms with van der Waals surface area (Å²) in [6, 6.07) is 9.24. The molecule has 1 N–H and O–H groups in total. The van der Waals surface area contributed by atoms with Gasteiger partial charge in [0.2, 0.25) is 0 Å². The van der Waals surface area contributed by atoms with Crippen LogP contribution in [0.4, 0.5) is 0 Å². The van der Waals surface area contributed by atoms with Crippen molar-refractivity contribution in [3.05, 3.63) is 55.6 Å². The second-order valence-corrected chi connectivity index (χ2v) is 6.32. The minimum Gasteiger partial charge on any atom is -0.375 e. The molecule has 0 aliphatic rings. The summed E-state index contributed by atoms with van der Waals surface area (Å²) >= 11 is 10.9. The van der Waals surface area contributed by atoms with Crippen molar-refractivity contribution in [1.82, 2.24) is 5.32 Å². The lowest BCUT2D eigenvalue weighted by Gasteiger charge is -2.17. The van der Waals surface area contributed by atoms with E-state index in [1.165, 1.54) is 11.3 Å². The number of amides is 1. The lowest BCUT2D eigenvalue weighted by Crippen LogP contribution is -2.28. The van der Waals surface area contributed by atoms with Crippen LogP contribution < -0.4 is 5.32 Å². The van der Waals surface area contributed by atoms with Crippen LogP contribution in [0.3, 0.4) is 0 Å². The molecule has 20 heavy (non-hydrogen) atoms. The number of hydrogen-bond donors (Lipinski definition) is 1. The fourth-order valence-corrected chi connectivity index (χ4v) is 3.36. The molecule has 0 spiro atoms. The number of benzene rings is 1. The second-order valence-electron chi connectivity index (χ2n) is 4.09. The van der Waals surface area contributed by atoms with E-state index in [2.05, 4.69) is 21.2 Å². The summed E-state index contributed by atoms with van der Waals surface area (Å²) < 4.78 is 6.31. The monoisotopic (exact) mass is 373 g/mol. The molecule has 0 aliphatic heterocycles. The smallest absolute Gasteiger partial charge is 0.261 e. The van der Waals surface area contributed by atoms with Gasteiger partial charge in [0.1, 0.15) is 6.10 Å². The summed E-state index contributed by atoms with van der Waals surface area (Å²) in [5, 5.41) is 5.36. The molecule has 0 aliphatic carbocycles. The van der Waals surface area contributed by atoms with Crippen LogP contribution in [0.15, 0.2) is 40.2 Å². The number of methoxy groups -OCH3 is 1. The molecule has 1 atom stereocenters. The molecule has 3 nitrogen and oxygen atoms in total. The Morgan fingerprint density at radius 3 is 2.85 bits per heavy atom. The Morgan fingerprint density at radius 1 is 1.50 bits per heavy atom. The fourth-order valence-electron chi connectivity index (χ4n) is 1.76. The fraction of sp³-hybridized carbons (Fsp3) is 0.214. The first-order valence-electron chi connectivity index (χ1n) is 5.91. The van der Waals surface area contributed by atoms with Gasteiger partial charge in [-0.25, -0.2) is 0 Å². The summed E-state index contributed by atoms with van der Waals surface area (Å²) in [6.07, 6.45) is -0.268. The number of halogens is 2. The summed E-state index contributed by atoms with van der Waals surface area (Å²) in [6.45, 7) is 0.370. The molecule has 1 aromatic carbocycles. The minimum absolute atomic E-state index is 0.116. The maximum absolute atomic E-state index is 12.0. The van der Waals surface area contributed by atoms with Crippen LogP contribution in [0.2, 0.25) is 5.02 Å². The van der Waals surface area contributed by atoms with E-state index in [9.17, 15) is 4.79 Å². The first-order chi connectivity index (χ1) is 9.61. The molecule has 2 rings (SSSR count). The van der Waals surface area contributed by atoms with Crippen LogP contribution in [0, 0.1) is 0 Å². The van der Waals surface area contributed by atoms with E-state index in [-0.39, 0.29) is 12.0 Å². The van der Waals surface area contributed by atoms with Gasteiger partial charge in [-0.15, -0.1) is 11.3 Å². The quantitative estimate of drug-likeness (QED) is 0.848. The standard InChI is InChI=1S/C14H13BrClNO2S/c1-19-12(10-4-2-3-5-11(10)16)7-17-14(18)13-6-9(15)8-20-13/h2-6,8,12H,7H2,1H3,(H,17,18). The Kier molecular flexibility index (Phi) is 5.60. The molecule has 2 aromatic rings. The molecule has 106 valence electrons. The summed E-state index contributed by atoms with van der Waals surface area (Å²) in [7, 11) is 1.60. The highest BCUT2D eigenvalue weighted by Gasteiger charge is 2.16. The van der Waals surface area contributed by atoms with E-state index in [4.69, 9.17) is 16.3 Å². The van der Waals surface area contributed by atoms with Gasteiger partial charge in [0.15, 0.2) is 0 Å². The normalized spacial score (nSPS) is 12.2. The van der Waals surface area contributed by atoms with E-state index < -0.39 is 0 Å².